The van der Waals surface area contributed by atoms with Gasteiger partial charge in [0.25, 0.3) is 0 Å². The molecule has 2 nitrogen and oxygen atoms in total. The molecule has 0 aliphatic carbocycles. The average Bonchev–Trinajstić information content (AvgIpc) is 2.78. The molecule has 0 aromatic heterocycles. The van der Waals surface area contributed by atoms with Crippen LogP contribution in [0.25, 0.3) is 0 Å². The van der Waals surface area contributed by atoms with Crippen LogP contribution in [0.5, 0.6) is 0 Å². The summed E-state index contributed by atoms with van der Waals surface area (Å²) in [6.07, 6.45) is 3.06. The molecule has 4 heteroatoms. The Morgan fingerprint density at radius 3 is 2.89 bits per heavy atom. The standard InChI is InChI=1S/C14H19BrO2S/c1-11-14(8-9-17-11)18(16)10-4-6-12-5-2-3-7-13(12)15/h2-3,5,7,11,14H,4,6,8-10H2,1H3/t11-,14+,18-/m0/s1. The number of hydrogen-bond acceptors (Lipinski definition) is 2. The van der Waals surface area contributed by atoms with Crippen molar-refractivity contribution < 1.29 is 8.95 Å². The maximum absolute atomic E-state index is 12.2. The van der Waals surface area contributed by atoms with Crippen molar-refractivity contribution in [3.8, 4) is 0 Å². The van der Waals surface area contributed by atoms with E-state index in [1.807, 2.05) is 19.1 Å². The fourth-order valence-electron chi connectivity index (χ4n) is 2.31. The number of hydrogen-bond donors (Lipinski definition) is 0. The lowest BCUT2D eigenvalue weighted by atomic mass is 10.1. The number of rotatable bonds is 5. The van der Waals surface area contributed by atoms with Gasteiger partial charge in [-0.3, -0.25) is 4.21 Å². The van der Waals surface area contributed by atoms with Crippen LogP contribution in [0.3, 0.4) is 0 Å². The molecule has 2 rings (SSSR count). The molecule has 1 aromatic rings. The molecule has 1 heterocycles. The zero-order valence-corrected chi connectivity index (χ0v) is 13.0. The lowest BCUT2D eigenvalue weighted by Crippen LogP contribution is -2.25. The lowest BCUT2D eigenvalue weighted by molar-refractivity contribution is 0.127. The van der Waals surface area contributed by atoms with Crippen LogP contribution in [0.2, 0.25) is 0 Å². The number of halogens is 1. The predicted molar refractivity (Wildman–Crippen MR) is 79.3 cm³/mol. The highest BCUT2D eigenvalue weighted by Crippen LogP contribution is 2.21. The number of aryl methyl sites for hydroxylation is 1. The Morgan fingerprint density at radius 2 is 2.22 bits per heavy atom. The Balaban J connectivity index is 1.79. The van der Waals surface area contributed by atoms with E-state index in [1.54, 1.807) is 0 Å². The van der Waals surface area contributed by atoms with Crippen molar-refractivity contribution in [2.75, 3.05) is 12.4 Å². The second-order valence-electron chi connectivity index (χ2n) is 4.68. The van der Waals surface area contributed by atoms with Crippen molar-refractivity contribution in [1.29, 1.82) is 0 Å². The molecule has 1 aromatic carbocycles. The molecular weight excluding hydrogens is 312 g/mol. The topological polar surface area (TPSA) is 26.3 Å². The predicted octanol–water partition coefficient (Wildman–Crippen LogP) is 3.31. The summed E-state index contributed by atoms with van der Waals surface area (Å²) in [6, 6.07) is 8.24. The van der Waals surface area contributed by atoms with Crippen molar-refractivity contribution in [2.45, 2.75) is 37.5 Å². The van der Waals surface area contributed by atoms with Gasteiger partial charge in [-0.05, 0) is 37.8 Å². The summed E-state index contributed by atoms with van der Waals surface area (Å²) >= 11 is 3.54. The van der Waals surface area contributed by atoms with Crippen molar-refractivity contribution in [3.63, 3.8) is 0 Å². The molecule has 0 bridgehead atoms. The van der Waals surface area contributed by atoms with Crippen LogP contribution in [0, 0.1) is 0 Å². The van der Waals surface area contributed by atoms with Gasteiger partial charge >= 0.3 is 0 Å². The molecule has 0 radical (unpaired) electrons. The van der Waals surface area contributed by atoms with Crippen molar-refractivity contribution >= 4 is 26.7 Å². The summed E-state index contributed by atoms with van der Waals surface area (Å²) in [5.41, 5.74) is 1.30. The van der Waals surface area contributed by atoms with Gasteiger partial charge in [0.1, 0.15) is 0 Å². The van der Waals surface area contributed by atoms with Crippen LogP contribution in [-0.4, -0.2) is 27.9 Å². The summed E-state index contributed by atoms with van der Waals surface area (Å²) in [5, 5.41) is 0.240. The number of ether oxygens (including phenoxy) is 1. The highest BCUT2D eigenvalue weighted by atomic mass is 79.9. The first-order valence-electron chi connectivity index (χ1n) is 6.40. The van der Waals surface area contributed by atoms with Gasteiger partial charge in [-0.15, -0.1) is 0 Å². The van der Waals surface area contributed by atoms with Gasteiger partial charge < -0.3 is 4.74 Å². The molecule has 100 valence electrons. The summed E-state index contributed by atoms with van der Waals surface area (Å²) in [4.78, 5) is 0. The smallest absolute Gasteiger partial charge is 0.0691 e. The largest absolute Gasteiger partial charge is 0.377 e. The van der Waals surface area contributed by atoms with Crippen LogP contribution in [0.15, 0.2) is 28.7 Å². The minimum atomic E-state index is -0.746. The van der Waals surface area contributed by atoms with E-state index >= 15 is 0 Å². The Kier molecular flexibility index (Phi) is 5.39. The highest BCUT2D eigenvalue weighted by molar-refractivity contribution is 9.10. The summed E-state index contributed by atoms with van der Waals surface area (Å²) in [6.45, 7) is 2.80. The van der Waals surface area contributed by atoms with Crippen LogP contribution >= 0.6 is 15.9 Å². The highest BCUT2D eigenvalue weighted by Gasteiger charge is 2.28. The van der Waals surface area contributed by atoms with Gasteiger partial charge in [0, 0.05) is 27.6 Å². The first-order chi connectivity index (χ1) is 8.68. The summed E-state index contributed by atoms with van der Waals surface area (Å²) < 4.78 is 18.8. The maximum Gasteiger partial charge on any atom is 0.0691 e. The molecule has 18 heavy (non-hydrogen) atoms. The van der Waals surface area contributed by atoms with Crippen LogP contribution in [-0.2, 0) is 22.0 Å². The van der Waals surface area contributed by atoms with Gasteiger partial charge in [-0.2, -0.15) is 0 Å². The Labute approximate surface area is 120 Å². The zero-order chi connectivity index (χ0) is 13.0. The first kappa shape index (κ1) is 14.2. The molecule has 0 unspecified atom stereocenters. The summed E-state index contributed by atoms with van der Waals surface area (Å²) in [7, 11) is -0.746. The van der Waals surface area contributed by atoms with E-state index in [2.05, 4.69) is 28.1 Å². The molecule has 1 aliphatic heterocycles. The van der Waals surface area contributed by atoms with Crippen LogP contribution in [0.4, 0.5) is 0 Å². The van der Waals surface area contributed by atoms with Gasteiger partial charge in [0.2, 0.25) is 0 Å². The number of benzene rings is 1. The van der Waals surface area contributed by atoms with Gasteiger partial charge in [0.15, 0.2) is 0 Å². The van der Waals surface area contributed by atoms with E-state index in [0.717, 1.165) is 36.1 Å². The third-order valence-electron chi connectivity index (χ3n) is 3.39. The third kappa shape index (κ3) is 3.65. The molecule has 1 fully saturated rings. The third-order valence-corrected chi connectivity index (χ3v) is 6.15. The Morgan fingerprint density at radius 1 is 1.44 bits per heavy atom. The SMILES string of the molecule is C[C@@H]1OCC[C@H]1[S@@](=O)CCCc1ccccc1Br. The van der Waals surface area contributed by atoms with Gasteiger partial charge in [0.05, 0.1) is 11.4 Å². The van der Waals surface area contributed by atoms with E-state index in [-0.39, 0.29) is 11.4 Å². The van der Waals surface area contributed by atoms with Crippen LogP contribution < -0.4 is 0 Å². The summed E-state index contributed by atoms with van der Waals surface area (Å²) in [5.74, 6) is 0.777. The van der Waals surface area contributed by atoms with E-state index in [1.165, 1.54) is 5.56 Å². The van der Waals surface area contributed by atoms with E-state index in [0.29, 0.717) is 0 Å². The van der Waals surface area contributed by atoms with Crippen LogP contribution in [0.1, 0.15) is 25.3 Å². The molecule has 0 spiro atoms. The minimum Gasteiger partial charge on any atom is -0.377 e. The minimum absolute atomic E-state index is 0.161. The second-order valence-corrected chi connectivity index (χ2v) is 7.31. The molecule has 1 aliphatic rings. The lowest BCUT2D eigenvalue weighted by Gasteiger charge is -2.13. The normalized spacial score (nSPS) is 25.2. The monoisotopic (exact) mass is 330 g/mol. The molecule has 3 atom stereocenters. The Bertz CT molecular complexity index is 422. The van der Waals surface area contributed by atoms with E-state index in [4.69, 9.17) is 4.74 Å². The second kappa shape index (κ2) is 6.83. The Hall–Kier alpha value is -0.190. The van der Waals surface area contributed by atoms with Crippen molar-refractivity contribution in [1.82, 2.24) is 0 Å². The quantitative estimate of drug-likeness (QED) is 0.827. The van der Waals surface area contributed by atoms with Crippen molar-refractivity contribution in [3.05, 3.63) is 34.3 Å². The van der Waals surface area contributed by atoms with E-state index in [9.17, 15) is 4.21 Å². The van der Waals surface area contributed by atoms with Gasteiger partial charge in [-0.25, -0.2) is 0 Å². The molecule has 0 amide bonds. The van der Waals surface area contributed by atoms with E-state index < -0.39 is 10.8 Å². The fourth-order valence-corrected chi connectivity index (χ4v) is 4.39. The first-order valence-corrected chi connectivity index (χ1v) is 8.58. The molecular formula is C14H19BrO2S. The average molecular weight is 331 g/mol. The van der Waals surface area contributed by atoms with Crippen molar-refractivity contribution in [2.24, 2.45) is 0 Å². The molecule has 1 saturated heterocycles. The molecule has 0 saturated carbocycles. The fraction of sp³-hybridized carbons (Fsp3) is 0.571. The van der Waals surface area contributed by atoms with Gasteiger partial charge in [-0.1, -0.05) is 34.1 Å². The maximum atomic E-state index is 12.2. The zero-order valence-electron chi connectivity index (χ0n) is 10.6. The molecule has 0 N–H and O–H groups in total.